The smallest absolute Gasteiger partial charge is 0.325 e. The van der Waals surface area contributed by atoms with Crippen molar-refractivity contribution in [3.8, 4) is 5.75 Å². The Morgan fingerprint density at radius 2 is 2.18 bits per heavy atom. The Bertz CT molecular complexity index is 1140. The van der Waals surface area contributed by atoms with Crippen LogP contribution in [0, 0.1) is 5.82 Å². The molecule has 3 heterocycles. The van der Waals surface area contributed by atoms with Gasteiger partial charge in [0.05, 0.1) is 7.11 Å². The first kappa shape index (κ1) is 29.0. The maximum absolute atomic E-state index is 14.9. The number of likely N-dealkylation sites (N-methyl/N-ethyl adjacent to an activating group) is 1. The molecule has 1 aromatic carbocycles. The number of methoxy groups -OCH3 is 1. The van der Waals surface area contributed by atoms with Gasteiger partial charge in [-0.25, -0.2) is 9.37 Å². The number of allylic oxidation sites excluding steroid dienone is 1. The summed E-state index contributed by atoms with van der Waals surface area (Å²) in [7, 11) is 3.51. The van der Waals surface area contributed by atoms with E-state index < -0.39 is 17.8 Å². The number of ether oxygens (including phenoxy) is 1. The predicted molar refractivity (Wildman–Crippen MR) is 153 cm³/mol. The highest BCUT2D eigenvalue weighted by atomic mass is 19.1. The summed E-state index contributed by atoms with van der Waals surface area (Å²) >= 11 is 0. The molecular formula is C31H43FN4O3. The Labute approximate surface area is 232 Å². The molecule has 1 aromatic heterocycles. The van der Waals surface area contributed by atoms with E-state index in [0.29, 0.717) is 31.5 Å². The van der Waals surface area contributed by atoms with Crippen molar-refractivity contribution in [3.63, 3.8) is 0 Å². The second-order valence-corrected chi connectivity index (χ2v) is 10.8. The molecule has 2 atom stereocenters. The van der Waals surface area contributed by atoms with Gasteiger partial charge in [0.25, 0.3) is 0 Å². The number of benzene rings is 1. The van der Waals surface area contributed by atoms with Gasteiger partial charge in [-0.15, -0.1) is 6.58 Å². The first-order valence-electron chi connectivity index (χ1n) is 14.3. The van der Waals surface area contributed by atoms with E-state index in [1.54, 1.807) is 12.1 Å². The molecule has 212 valence electrons. The molecule has 0 saturated carbocycles. The third-order valence-electron chi connectivity index (χ3n) is 8.08. The molecule has 2 N–H and O–H groups in total. The zero-order valence-electron chi connectivity index (χ0n) is 23.4. The normalized spacial score (nSPS) is 18.0. The number of rotatable bonds is 14. The number of hydrogen-bond acceptors (Lipinski definition) is 6. The van der Waals surface area contributed by atoms with Crippen LogP contribution in [0.4, 0.5) is 10.2 Å². The molecule has 2 aromatic rings. The number of halogens is 1. The fourth-order valence-electron chi connectivity index (χ4n) is 5.89. The maximum Gasteiger partial charge on any atom is 0.325 e. The molecular weight excluding hydrogens is 495 g/mol. The first-order valence-corrected chi connectivity index (χ1v) is 14.3. The van der Waals surface area contributed by atoms with Crippen LogP contribution >= 0.6 is 0 Å². The molecule has 0 bridgehead atoms. The Balaban J connectivity index is 1.29. The third-order valence-corrected chi connectivity index (χ3v) is 8.08. The number of nitrogens with one attached hydrogen (secondary N) is 1. The SMILES string of the molecule is C=CCCc1cc(F)c(OC)c([C@@H](C(=O)O)N2CC[C@@H](N(C)CCCCCc3ccc4c(n3)NCCC4)C2)c1. The van der Waals surface area contributed by atoms with Crippen LogP contribution in [0.5, 0.6) is 5.75 Å². The summed E-state index contributed by atoms with van der Waals surface area (Å²) in [6, 6.07) is 6.92. The highest BCUT2D eigenvalue weighted by Gasteiger charge is 2.37. The largest absolute Gasteiger partial charge is 0.493 e. The lowest BCUT2D eigenvalue weighted by Crippen LogP contribution is -2.38. The number of likely N-dealkylation sites (tertiary alicyclic amines) is 1. The van der Waals surface area contributed by atoms with Crippen molar-refractivity contribution in [1.29, 1.82) is 0 Å². The van der Waals surface area contributed by atoms with Crippen LogP contribution in [0.1, 0.15) is 67.0 Å². The van der Waals surface area contributed by atoms with Gasteiger partial charge in [-0.3, -0.25) is 9.69 Å². The predicted octanol–water partition coefficient (Wildman–Crippen LogP) is 5.25. The van der Waals surface area contributed by atoms with Crippen molar-refractivity contribution >= 4 is 11.8 Å². The summed E-state index contributed by atoms with van der Waals surface area (Å²) in [6.07, 6.45) is 10.5. The third kappa shape index (κ3) is 7.37. The molecule has 8 heteroatoms. The van der Waals surface area contributed by atoms with Gasteiger partial charge in [0, 0.05) is 36.9 Å². The quantitative estimate of drug-likeness (QED) is 0.251. The maximum atomic E-state index is 14.9. The van der Waals surface area contributed by atoms with E-state index in [9.17, 15) is 14.3 Å². The number of fused-ring (bicyclic) bond motifs is 1. The molecule has 39 heavy (non-hydrogen) atoms. The number of hydrogen-bond donors (Lipinski definition) is 2. The number of aryl methyl sites for hydroxylation is 3. The fraction of sp³-hybridized carbons (Fsp3) is 0.548. The van der Waals surface area contributed by atoms with E-state index in [4.69, 9.17) is 9.72 Å². The number of carbonyl (C=O) groups is 1. The number of nitrogens with zero attached hydrogens (tertiary/aromatic N) is 3. The van der Waals surface area contributed by atoms with Gasteiger partial charge in [-0.05, 0) is 94.3 Å². The van der Waals surface area contributed by atoms with Crippen LogP contribution in [0.3, 0.4) is 0 Å². The molecule has 2 aliphatic rings. The highest BCUT2D eigenvalue weighted by molar-refractivity contribution is 5.77. The summed E-state index contributed by atoms with van der Waals surface area (Å²) in [5.74, 6) is -0.420. The van der Waals surface area contributed by atoms with E-state index in [0.717, 1.165) is 68.7 Å². The number of aliphatic carboxylic acids is 1. The van der Waals surface area contributed by atoms with Crippen molar-refractivity contribution in [2.75, 3.05) is 45.7 Å². The van der Waals surface area contributed by atoms with Crippen LogP contribution < -0.4 is 10.1 Å². The fourth-order valence-corrected chi connectivity index (χ4v) is 5.89. The van der Waals surface area contributed by atoms with E-state index in [1.165, 1.54) is 25.2 Å². The number of anilines is 1. The summed E-state index contributed by atoms with van der Waals surface area (Å²) in [5.41, 5.74) is 3.62. The average Bonchev–Trinajstić information content (AvgIpc) is 3.41. The highest BCUT2D eigenvalue weighted by Crippen LogP contribution is 2.36. The summed E-state index contributed by atoms with van der Waals surface area (Å²) < 4.78 is 20.2. The number of carboxylic acid groups (broad SMARTS) is 1. The molecule has 0 spiro atoms. The van der Waals surface area contributed by atoms with Crippen LogP contribution in [0.15, 0.2) is 36.9 Å². The van der Waals surface area contributed by atoms with E-state index in [-0.39, 0.29) is 11.8 Å². The van der Waals surface area contributed by atoms with Crippen molar-refractivity contribution in [3.05, 3.63) is 65.1 Å². The lowest BCUT2D eigenvalue weighted by Gasteiger charge is -2.28. The number of aromatic nitrogens is 1. The summed E-state index contributed by atoms with van der Waals surface area (Å²) in [6.45, 7) is 6.98. The summed E-state index contributed by atoms with van der Waals surface area (Å²) in [5, 5.41) is 13.6. The van der Waals surface area contributed by atoms with Crippen LogP contribution in [0.2, 0.25) is 0 Å². The monoisotopic (exact) mass is 538 g/mol. The van der Waals surface area contributed by atoms with Crippen molar-refractivity contribution < 1.29 is 19.0 Å². The molecule has 4 rings (SSSR count). The van der Waals surface area contributed by atoms with Crippen molar-refractivity contribution in [2.24, 2.45) is 0 Å². The van der Waals surface area contributed by atoms with E-state index in [1.807, 2.05) is 4.90 Å². The lowest BCUT2D eigenvalue weighted by atomic mass is 9.98. The summed E-state index contributed by atoms with van der Waals surface area (Å²) in [4.78, 5) is 21.5. The molecule has 0 unspecified atom stereocenters. The molecule has 0 radical (unpaired) electrons. The molecule has 0 aliphatic carbocycles. The second kappa shape index (κ2) is 13.9. The van der Waals surface area contributed by atoms with Crippen molar-refractivity contribution in [1.82, 2.24) is 14.8 Å². The van der Waals surface area contributed by atoms with Crippen LogP contribution in [0.25, 0.3) is 0 Å². The molecule has 1 saturated heterocycles. The van der Waals surface area contributed by atoms with Gasteiger partial charge in [0.2, 0.25) is 0 Å². The van der Waals surface area contributed by atoms with Gasteiger partial charge in [-0.1, -0.05) is 18.6 Å². The van der Waals surface area contributed by atoms with Crippen LogP contribution in [-0.2, 0) is 24.1 Å². The zero-order chi connectivity index (χ0) is 27.8. The van der Waals surface area contributed by atoms with E-state index >= 15 is 0 Å². The average molecular weight is 539 g/mol. The first-order chi connectivity index (χ1) is 18.9. The lowest BCUT2D eigenvalue weighted by molar-refractivity contribution is -0.143. The van der Waals surface area contributed by atoms with Crippen LogP contribution in [-0.4, -0.2) is 72.2 Å². The van der Waals surface area contributed by atoms with Gasteiger partial charge >= 0.3 is 5.97 Å². The van der Waals surface area contributed by atoms with Gasteiger partial charge in [0.15, 0.2) is 11.6 Å². The zero-order valence-corrected chi connectivity index (χ0v) is 23.4. The minimum Gasteiger partial charge on any atom is -0.493 e. The minimum absolute atomic E-state index is 0.0192. The Morgan fingerprint density at radius 3 is 2.95 bits per heavy atom. The number of unbranched alkanes of at least 4 members (excludes halogenated alkanes) is 2. The molecule has 2 aliphatic heterocycles. The van der Waals surface area contributed by atoms with Gasteiger partial charge < -0.3 is 20.1 Å². The van der Waals surface area contributed by atoms with E-state index in [2.05, 4.69) is 36.0 Å². The second-order valence-electron chi connectivity index (χ2n) is 10.8. The molecule has 0 amide bonds. The minimum atomic E-state index is -0.983. The Hall–Kier alpha value is -2.97. The number of carboxylic acids is 1. The standard InChI is InChI=1S/C31H43FN4O3/c1-4-5-10-22-19-26(29(39-3)27(32)20-22)28(31(37)38)36-18-15-25(21-36)35(2)17-8-6-7-12-24-14-13-23-11-9-16-33-30(23)34-24/h4,13-14,19-20,25,28H,1,5-12,15-18,21H2,2-3H3,(H,33,34)(H,37,38)/t25-,28+/m1/s1. The Kier molecular flexibility index (Phi) is 10.3. The Morgan fingerprint density at radius 1 is 1.33 bits per heavy atom. The van der Waals surface area contributed by atoms with Crippen molar-refractivity contribution in [2.45, 2.75) is 69.9 Å². The topological polar surface area (TPSA) is 77.9 Å². The van der Waals surface area contributed by atoms with Gasteiger partial charge in [0.1, 0.15) is 11.9 Å². The number of pyridine rings is 1. The van der Waals surface area contributed by atoms with Gasteiger partial charge in [-0.2, -0.15) is 0 Å². The molecule has 1 fully saturated rings. The molecule has 7 nitrogen and oxygen atoms in total.